The van der Waals surface area contributed by atoms with Gasteiger partial charge in [0.15, 0.2) is 0 Å². The molecule has 0 saturated heterocycles. The van der Waals surface area contributed by atoms with Gasteiger partial charge in [-0.05, 0) is 62.3 Å². The summed E-state index contributed by atoms with van der Waals surface area (Å²) in [4.78, 5) is 0. The number of ether oxygens (including phenoxy) is 1. The molecule has 1 aliphatic carbocycles. The maximum absolute atomic E-state index is 5.25. The Kier molecular flexibility index (Phi) is 5.12. The second kappa shape index (κ2) is 6.83. The van der Waals surface area contributed by atoms with E-state index in [2.05, 4.69) is 31.3 Å². The second-order valence-electron chi connectivity index (χ2n) is 5.83. The third-order valence-electron chi connectivity index (χ3n) is 4.34. The monoisotopic (exact) mass is 261 g/mol. The van der Waals surface area contributed by atoms with Gasteiger partial charge in [0.05, 0.1) is 7.11 Å². The Morgan fingerprint density at radius 1 is 1.21 bits per heavy atom. The molecule has 1 aromatic rings. The summed E-state index contributed by atoms with van der Waals surface area (Å²) in [7, 11) is 1.72. The summed E-state index contributed by atoms with van der Waals surface area (Å²) in [6, 6.07) is 6.94. The van der Waals surface area contributed by atoms with Crippen molar-refractivity contribution in [3.05, 3.63) is 23.8 Å². The number of hydrogen-bond donors (Lipinski definition) is 1. The lowest BCUT2D eigenvalue weighted by Gasteiger charge is -2.30. The lowest BCUT2D eigenvalue weighted by atomic mass is 9.83. The average Bonchev–Trinajstić information content (AvgIpc) is 2.43. The van der Waals surface area contributed by atoms with Crippen LogP contribution in [0, 0.1) is 12.8 Å². The van der Waals surface area contributed by atoms with Gasteiger partial charge in [-0.25, -0.2) is 0 Å². The van der Waals surface area contributed by atoms with Gasteiger partial charge in [0.25, 0.3) is 0 Å². The predicted molar refractivity (Wildman–Crippen MR) is 82.0 cm³/mol. The first kappa shape index (κ1) is 14.2. The van der Waals surface area contributed by atoms with Crippen LogP contribution in [0.3, 0.4) is 0 Å². The molecule has 0 unspecified atom stereocenters. The van der Waals surface area contributed by atoms with Gasteiger partial charge in [-0.15, -0.1) is 0 Å². The number of rotatable bonds is 5. The summed E-state index contributed by atoms with van der Waals surface area (Å²) in [5.74, 6) is 1.91. The molecule has 1 saturated carbocycles. The lowest BCUT2D eigenvalue weighted by molar-refractivity contribution is 0.319. The van der Waals surface area contributed by atoms with E-state index in [4.69, 9.17) is 4.74 Å². The molecular formula is C17H27NO. The molecule has 1 fully saturated rings. The van der Waals surface area contributed by atoms with Crippen molar-refractivity contribution in [3.63, 3.8) is 0 Å². The quantitative estimate of drug-likeness (QED) is 0.824. The summed E-state index contributed by atoms with van der Waals surface area (Å²) in [5.41, 5.74) is 2.54. The van der Waals surface area contributed by atoms with Crippen LogP contribution in [0.1, 0.15) is 51.0 Å². The van der Waals surface area contributed by atoms with Gasteiger partial charge in [0.2, 0.25) is 0 Å². The third kappa shape index (κ3) is 3.89. The zero-order valence-electron chi connectivity index (χ0n) is 12.5. The van der Waals surface area contributed by atoms with Crippen molar-refractivity contribution in [2.45, 2.75) is 58.4 Å². The Hall–Kier alpha value is -1.18. The number of anilines is 1. The topological polar surface area (TPSA) is 21.3 Å². The van der Waals surface area contributed by atoms with Crippen LogP contribution >= 0.6 is 0 Å². The van der Waals surface area contributed by atoms with Crippen molar-refractivity contribution in [1.82, 2.24) is 0 Å². The molecule has 2 nitrogen and oxygen atoms in total. The van der Waals surface area contributed by atoms with E-state index in [9.17, 15) is 0 Å². The smallest absolute Gasteiger partial charge is 0.119 e. The molecule has 0 amide bonds. The number of aryl methyl sites for hydroxylation is 1. The third-order valence-corrected chi connectivity index (χ3v) is 4.34. The standard InChI is InChI=1S/C17H27NO/c1-4-5-14-6-8-15(9-7-14)18-17-11-10-16(19-3)12-13(17)2/h10-12,14-15,18H,4-9H2,1-3H3. The minimum atomic E-state index is 0.653. The van der Waals surface area contributed by atoms with Crippen molar-refractivity contribution >= 4 is 5.69 Å². The van der Waals surface area contributed by atoms with E-state index >= 15 is 0 Å². The van der Waals surface area contributed by atoms with E-state index in [0.717, 1.165) is 11.7 Å². The van der Waals surface area contributed by atoms with Crippen LogP contribution in [0.4, 0.5) is 5.69 Å². The van der Waals surface area contributed by atoms with Crippen molar-refractivity contribution in [2.24, 2.45) is 5.92 Å². The highest BCUT2D eigenvalue weighted by Gasteiger charge is 2.20. The summed E-state index contributed by atoms with van der Waals surface area (Å²) >= 11 is 0. The summed E-state index contributed by atoms with van der Waals surface area (Å²) in [6.45, 7) is 4.44. The van der Waals surface area contributed by atoms with Crippen LogP contribution in [0.2, 0.25) is 0 Å². The Bertz CT molecular complexity index is 394. The first-order valence-corrected chi connectivity index (χ1v) is 7.64. The van der Waals surface area contributed by atoms with Crippen LogP contribution in [0.15, 0.2) is 18.2 Å². The molecule has 0 aromatic heterocycles. The largest absolute Gasteiger partial charge is 0.497 e. The Balaban J connectivity index is 1.88. The molecule has 19 heavy (non-hydrogen) atoms. The van der Waals surface area contributed by atoms with Crippen LogP contribution in [0.25, 0.3) is 0 Å². The molecule has 1 aliphatic rings. The fourth-order valence-electron chi connectivity index (χ4n) is 3.15. The summed E-state index contributed by atoms with van der Waals surface area (Å²) < 4.78 is 5.25. The molecule has 0 radical (unpaired) electrons. The zero-order chi connectivity index (χ0) is 13.7. The summed E-state index contributed by atoms with van der Waals surface area (Å²) in [5, 5.41) is 3.71. The average molecular weight is 261 g/mol. The first-order valence-electron chi connectivity index (χ1n) is 7.64. The molecule has 1 aromatic carbocycles. The molecule has 0 atom stereocenters. The van der Waals surface area contributed by atoms with Gasteiger partial charge in [0.1, 0.15) is 5.75 Å². The van der Waals surface area contributed by atoms with E-state index < -0.39 is 0 Å². The molecule has 106 valence electrons. The van der Waals surface area contributed by atoms with E-state index in [1.807, 2.05) is 6.07 Å². The fourth-order valence-corrected chi connectivity index (χ4v) is 3.15. The van der Waals surface area contributed by atoms with E-state index in [0.29, 0.717) is 6.04 Å². The van der Waals surface area contributed by atoms with Crippen LogP contribution < -0.4 is 10.1 Å². The molecule has 2 heteroatoms. The Morgan fingerprint density at radius 3 is 2.53 bits per heavy atom. The van der Waals surface area contributed by atoms with Crippen LogP contribution in [-0.2, 0) is 0 Å². The highest BCUT2D eigenvalue weighted by atomic mass is 16.5. The maximum atomic E-state index is 5.25. The molecule has 2 rings (SSSR count). The molecule has 1 N–H and O–H groups in total. The van der Waals surface area contributed by atoms with Crippen molar-refractivity contribution in [2.75, 3.05) is 12.4 Å². The van der Waals surface area contributed by atoms with E-state index in [1.54, 1.807) is 7.11 Å². The second-order valence-corrected chi connectivity index (χ2v) is 5.83. The molecule has 0 aliphatic heterocycles. The van der Waals surface area contributed by atoms with Crippen LogP contribution in [-0.4, -0.2) is 13.2 Å². The van der Waals surface area contributed by atoms with Crippen molar-refractivity contribution < 1.29 is 4.74 Å². The molecule has 0 spiro atoms. The molecular weight excluding hydrogens is 234 g/mol. The molecule has 0 heterocycles. The van der Waals surface area contributed by atoms with E-state index in [-0.39, 0.29) is 0 Å². The minimum absolute atomic E-state index is 0.653. The Morgan fingerprint density at radius 2 is 1.95 bits per heavy atom. The molecule has 0 bridgehead atoms. The van der Waals surface area contributed by atoms with Gasteiger partial charge in [0, 0.05) is 11.7 Å². The highest BCUT2D eigenvalue weighted by Crippen LogP contribution is 2.30. The SMILES string of the molecule is CCCC1CCC(Nc2ccc(OC)cc2C)CC1. The van der Waals surface area contributed by atoms with Gasteiger partial charge in [-0.1, -0.05) is 19.8 Å². The van der Waals surface area contributed by atoms with Gasteiger partial charge >= 0.3 is 0 Å². The first-order chi connectivity index (χ1) is 9.22. The predicted octanol–water partition coefficient (Wildman–Crippen LogP) is 4.77. The van der Waals surface area contributed by atoms with Crippen molar-refractivity contribution in [1.29, 1.82) is 0 Å². The number of methoxy groups -OCH3 is 1. The zero-order valence-corrected chi connectivity index (χ0v) is 12.5. The lowest BCUT2D eigenvalue weighted by Crippen LogP contribution is -2.26. The number of nitrogens with one attached hydrogen (secondary N) is 1. The highest BCUT2D eigenvalue weighted by molar-refractivity contribution is 5.54. The Labute approximate surface area is 117 Å². The maximum Gasteiger partial charge on any atom is 0.119 e. The normalized spacial score (nSPS) is 23.1. The van der Waals surface area contributed by atoms with Gasteiger partial charge in [-0.3, -0.25) is 0 Å². The van der Waals surface area contributed by atoms with Crippen LogP contribution in [0.5, 0.6) is 5.75 Å². The van der Waals surface area contributed by atoms with E-state index in [1.165, 1.54) is 49.8 Å². The van der Waals surface area contributed by atoms with Crippen molar-refractivity contribution in [3.8, 4) is 5.75 Å². The number of benzene rings is 1. The fraction of sp³-hybridized carbons (Fsp3) is 0.647. The minimum Gasteiger partial charge on any atom is -0.497 e. The van der Waals surface area contributed by atoms with Gasteiger partial charge in [-0.2, -0.15) is 0 Å². The number of hydrogen-bond acceptors (Lipinski definition) is 2. The summed E-state index contributed by atoms with van der Waals surface area (Å²) in [6.07, 6.45) is 8.16. The van der Waals surface area contributed by atoms with Gasteiger partial charge < -0.3 is 10.1 Å².